The molecule has 0 radical (unpaired) electrons. The van der Waals surface area contributed by atoms with E-state index in [9.17, 15) is 0 Å². The highest BCUT2D eigenvalue weighted by Crippen LogP contribution is 2.25. The van der Waals surface area contributed by atoms with Gasteiger partial charge < -0.3 is 21.8 Å². The largest absolute Gasteiger partial charge is 0.369 e. The van der Waals surface area contributed by atoms with E-state index in [-0.39, 0.29) is 5.96 Å². The van der Waals surface area contributed by atoms with Crippen molar-refractivity contribution >= 4 is 34.0 Å². The predicted molar refractivity (Wildman–Crippen MR) is 105 cm³/mol. The monoisotopic (exact) mass is 332 g/mol. The van der Waals surface area contributed by atoms with Crippen LogP contribution in [0, 0.1) is 0 Å². The summed E-state index contributed by atoms with van der Waals surface area (Å²) in [7, 11) is 0. The van der Waals surface area contributed by atoms with E-state index in [2.05, 4.69) is 33.1 Å². The zero-order valence-electron chi connectivity index (χ0n) is 14.0. The van der Waals surface area contributed by atoms with Crippen molar-refractivity contribution in [3.63, 3.8) is 0 Å². The van der Waals surface area contributed by atoms with Gasteiger partial charge in [0.05, 0.1) is 5.71 Å². The first kappa shape index (κ1) is 16.3. The summed E-state index contributed by atoms with van der Waals surface area (Å²) in [6.07, 6.45) is 1.96. The zero-order valence-corrected chi connectivity index (χ0v) is 14.0. The number of hydrogen-bond acceptors (Lipinski definition) is 3. The average molecular weight is 332 g/mol. The minimum Gasteiger partial charge on any atom is -0.369 e. The fourth-order valence-electron chi connectivity index (χ4n) is 2.55. The lowest BCUT2D eigenvalue weighted by Gasteiger charge is -2.10. The van der Waals surface area contributed by atoms with E-state index in [0.29, 0.717) is 0 Å². The Balaban J connectivity index is 1.76. The number of rotatable bonds is 5. The number of para-hydroxylation sites is 1. The standard InChI is InChI=1S/C19H20N6/c1-12(24-25-19(20)21)14-7-9-15(10-8-14)23-13(2)17-11-22-18-6-4-3-5-16(17)18/h3-11,22-23H,2H2,1H3,(H4,20,21,25)/b24-12+. The number of nitrogens with one attached hydrogen (secondary N) is 2. The van der Waals surface area contributed by atoms with Gasteiger partial charge in [-0.3, -0.25) is 0 Å². The maximum absolute atomic E-state index is 5.28. The van der Waals surface area contributed by atoms with Gasteiger partial charge in [0, 0.05) is 34.0 Å². The van der Waals surface area contributed by atoms with E-state index in [0.717, 1.165) is 39.1 Å². The Morgan fingerprint density at radius 3 is 2.48 bits per heavy atom. The number of aromatic amines is 1. The summed E-state index contributed by atoms with van der Waals surface area (Å²) in [5.74, 6) is -0.0623. The van der Waals surface area contributed by atoms with Crippen LogP contribution in [0.4, 0.5) is 5.69 Å². The number of guanidine groups is 1. The van der Waals surface area contributed by atoms with Gasteiger partial charge in [0.1, 0.15) is 0 Å². The van der Waals surface area contributed by atoms with Crippen LogP contribution in [-0.4, -0.2) is 16.7 Å². The molecule has 0 aliphatic heterocycles. The van der Waals surface area contributed by atoms with Crippen molar-refractivity contribution in [2.24, 2.45) is 21.7 Å². The lowest BCUT2D eigenvalue weighted by molar-refractivity contribution is 1.20. The molecule has 0 amide bonds. The Bertz CT molecular complexity index is 959. The molecule has 0 bridgehead atoms. The minimum absolute atomic E-state index is 0.0623. The highest BCUT2D eigenvalue weighted by molar-refractivity contribution is 5.99. The van der Waals surface area contributed by atoms with Crippen molar-refractivity contribution in [1.82, 2.24) is 4.98 Å². The molecule has 1 heterocycles. The highest BCUT2D eigenvalue weighted by atomic mass is 15.3. The number of hydrogen-bond donors (Lipinski definition) is 4. The van der Waals surface area contributed by atoms with Crippen LogP contribution >= 0.6 is 0 Å². The molecule has 126 valence electrons. The molecule has 0 saturated heterocycles. The number of aromatic nitrogens is 1. The third-order valence-electron chi connectivity index (χ3n) is 3.83. The van der Waals surface area contributed by atoms with Crippen molar-refractivity contribution in [2.75, 3.05) is 5.32 Å². The number of fused-ring (bicyclic) bond motifs is 1. The van der Waals surface area contributed by atoms with Crippen molar-refractivity contribution in [3.05, 3.63) is 72.4 Å². The molecule has 6 N–H and O–H groups in total. The van der Waals surface area contributed by atoms with E-state index in [1.54, 1.807) is 0 Å². The molecule has 3 rings (SSSR count). The molecule has 6 heteroatoms. The van der Waals surface area contributed by atoms with Crippen molar-refractivity contribution < 1.29 is 0 Å². The summed E-state index contributed by atoms with van der Waals surface area (Å²) < 4.78 is 0. The molecule has 0 saturated carbocycles. The van der Waals surface area contributed by atoms with E-state index in [1.807, 2.05) is 55.6 Å². The van der Waals surface area contributed by atoms with Crippen LogP contribution in [0.5, 0.6) is 0 Å². The molecule has 0 aliphatic rings. The van der Waals surface area contributed by atoms with Crippen molar-refractivity contribution in [1.29, 1.82) is 0 Å². The van der Waals surface area contributed by atoms with Gasteiger partial charge in [0.2, 0.25) is 5.96 Å². The Morgan fingerprint density at radius 2 is 1.76 bits per heavy atom. The van der Waals surface area contributed by atoms with Crippen LogP contribution in [0.2, 0.25) is 0 Å². The molecule has 25 heavy (non-hydrogen) atoms. The molecule has 6 nitrogen and oxygen atoms in total. The van der Waals surface area contributed by atoms with Gasteiger partial charge in [0.15, 0.2) is 0 Å². The van der Waals surface area contributed by atoms with Gasteiger partial charge in [-0.1, -0.05) is 36.9 Å². The van der Waals surface area contributed by atoms with E-state index in [4.69, 9.17) is 11.5 Å². The van der Waals surface area contributed by atoms with Crippen LogP contribution < -0.4 is 16.8 Å². The SMILES string of the molecule is C=C(Nc1ccc(/C(C)=N/N=C(N)N)cc1)c1c[nH]c2ccccc12. The summed E-state index contributed by atoms with van der Waals surface area (Å²) in [4.78, 5) is 3.25. The fourth-order valence-corrected chi connectivity index (χ4v) is 2.55. The molecule has 0 fully saturated rings. The van der Waals surface area contributed by atoms with Crippen LogP contribution in [0.3, 0.4) is 0 Å². The van der Waals surface area contributed by atoms with E-state index in [1.165, 1.54) is 0 Å². The number of nitrogens with two attached hydrogens (primary N) is 2. The van der Waals surface area contributed by atoms with Crippen LogP contribution in [0.15, 0.2) is 71.5 Å². The summed E-state index contributed by atoms with van der Waals surface area (Å²) in [5.41, 5.74) is 16.1. The molecule has 3 aromatic rings. The van der Waals surface area contributed by atoms with Crippen LogP contribution in [0.1, 0.15) is 18.1 Å². The quantitative estimate of drug-likeness (QED) is 0.327. The normalized spacial score (nSPS) is 11.3. The smallest absolute Gasteiger partial charge is 0.211 e. The van der Waals surface area contributed by atoms with Gasteiger partial charge in [-0.15, -0.1) is 5.10 Å². The summed E-state index contributed by atoms with van der Waals surface area (Å²) in [6, 6.07) is 16.0. The zero-order chi connectivity index (χ0) is 17.8. The fraction of sp³-hybridized carbons (Fsp3) is 0.0526. The third kappa shape index (κ3) is 3.69. The molecule has 1 aromatic heterocycles. The second-order valence-electron chi connectivity index (χ2n) is 5.64. The first-order valence-corrected chi connectivity index (χ1v) is 7.80. The maximum Gasteiger partial charge on any atom is 0.211 e. The molecular weight excluding hydrogens is 312 g/mol. The average Bonchev–Trinajstić information content (AvgIpc) is 3.04. The summed E-state index contributed by atoms with van der Waals surface area (Å²) >= 11 is 0. The predicted octanol–water partition coefficient (Wildman–Crippen LogP) is 3.25. The number of anilines is 1. The Morgan fingerprint density at radius 1 is 1.04 bits per heavy atom. The lowest BCUT2D eigenvalue weighted by Crippen LogP contribution is -2.22. The lowest BCUT2D eigenvalue weighted by atomic mass is 10.1. The molecule has 0 atom stereocenters. The molecule has 0 aliphatic carbocycles. The number of nitrogens with zero attached hydrogens (tertiary/aromatic N) is 2. The second kappa shape index (κ2) is 6.92. The van der Waals surface area contributed by atoms with Gasteiger partial charge in [-0.05, 0) is 30.7 Å². The first-order valence-electron chi connectivity index (χ1n) is 7.80. The van der Waals surface area contributed by atoms with E-state index >= 15 is 0 Å². The van der Waals surface area contributed by atoms with Gasteiger partial charge in [-0.25, -0.2) is 0 Å². The summed E-state index contributed by atoms with van der Waals surface area (Å²) in [6.45, 7) is 6.00. The third-order valence-corrected chi connectivity index (χ3v) is 3.83. The topological polar surface area (TPSA) is 105 Å². The van der Waals surface area contributed by atoms with Gasteiger partial charge >= 0.3 is 0 Å². The molecule has 2 aromatic carbocycles. The Kier molecular flexibility index (Phi) is 4.52. The van der Waals surface area contributed by atoms with Crippen LogP contribution in [-0.2, 0) is 0 Å². The van der Waals surface area contributed by atoms with Gasteiger partial charge in [0.25, 0.3) is 0 Å². The number of benzene rings is 2. The highest BCUT2D eigenvalue weighted by Gasteiger charge is 2.07. The maximum atomic E-state index is 5.28. The van der Waals surface area contributed by atoms with Crippen LogP contribution in [0.25, 0.3) is 16.6 Å². The first-order chi connectivity index (χ1) is 12.0. The molecule has 0 unspecified atom stereocenters. The minimum atomic E-state index is -0.0623. The van der Waals surface area contributed by atoms with Gasteiger partial charge in [-0.2, -0.15) is 5.10 Å². The Labute approximate surface area is 146 Å². The molecule has 0 spiro atoms. The van der Waals surface area contributed by atoms with Crippen molar-refractivity contribution in [3.8, 4) is 0 Å². The Hall–Kier alpha value is -3.54. The summed E-state index contributed by atoms with van der Waals surface area (Å²) in [5, 5.41) is 12.1. The number of H-pyrrole nitrogens is 1. The van der Waals surface area contributed by atoms with E-state index < -0.39 is 0 Å². The van der Waals surface area contributed by atoms with Crippen molar-refractivity contribution in [2.45, 2.75) is 6.92 Å². The molecular formula is C19H20N6. The second-order valence-corrected chi connectivity index (χ2v) is 5.64.